The quantitative estimate of drug-likeness (QED) is 0.504. The molecule has 5 nitrogen and oxygen atoms in total. The average Bonchev–Trinajstić information content (AvgIpc) is 2.22. The number of nitrogens with one attached hydrogen (secondary N) is 1. The summed E-state index contributed by atoms with van der Waals surface area (Å²) in [7, 11) is 0. The largest absolute Gasteiger partial charge is 0.399 e. The number of rotatable bonds is 5. The van der Waals surface area contributed by atoms with Crippen molar-refractivity contribution in [3.8, 4) is 0 Å². The molecule has 1 amide bonds. The van der Waals surface area contributed by atoms with E-state index in [9.17, 15) is 4.79 Å². The Balaban J connectivity index is 2.52. The lowest BCUT2D eigenvalue weighted by atomic mass is 10.1. The highest BCUT2D eigenvalue weighted by Gasteiger charge is 2.06. The molecule has 0 unspecified atom stereocenters. The fourth-order valence-electron chi connectivity index (χ4n) is 1.29. The van der Waals surface area contributed by atoms with E-state index in [1.165, 1.54) is 0 Å². The molecule has 0 radical (unpaired) electrons. The van der Waals surface area contributed by atoms with Crippen LogP contribution in [0, 0.1) is 0 Å². The lowest BCUT2D eigenvalue weighted by molar-refractivity contribution is 0.0922. The molecule has 0 heterocycles. The van der Waals surface area contributed by atoms with Crippen molar-refractivity contribution in [1.82, 2.24) is 5.32 Å². The van der Waals surface area contributed by atoms with Crippen LogP contribution in [0.2, 0.25) is 0 Å². The molecule has 1 rings (SSSR count). The number of hydrogen-bond acceptors (Lipinski definition) is 4. The van der Waals surface area contributed by atoms with Crippen LogP contribution in [-0.2, 0) is 4.74 Å². The maximum atomic E-state index is 11.6. The van der Waals surface area contributed by atoms with Crippen molar-refractivity contribution < 1.29 is 9.53 Å². The first kappa shape index (κ1) is 12.3. The number of nitrogens with two attached hydrogens (primary N) is 2. The SMILES string of the molecule is CCOCCNC(=O)c1cc(N)cc(N)c1. The van der Waals surface area contributed by atoms with Crippen molar-refractivity contribution >= 4 is 17.3 Å². The van der Waals surface area contributed by atoms with Crippen LogP contribution >= 0.6 is 0 Å². The molecular weight excluding hydrogens is 206 g/mol. The van der Waals surface area contributed by atoms with Crippen LogP contribution in [0.25, 0.3) is 0 Å². The number of nitrogen functional groups attached to an aromatic ring is 2. The summed E-state index contributed by atoms with van der Waals surface area (Å²) in [5, 5.41) is 2.71. The van der Waals surface area contributed by atoms with E-state index in [1.807, 2.05) is 6.92 Å². The number of ether oxygens (including phenoxy) is 1. The maximum Gasteiger partial charge on any atom is 0.251 e. The Bertz CT molecular complexity index is 346. The van der Waals surface area contributed by atoms with Gasteiger partial charge < -0.3 is 21.5 Å². The number of amides is 1. The van der Waals surface area contributed by atoms with Crippen molar-refractivity contribution in [2.75, 3.05) is 31.2 Å². The lowest BCUT2D eigenvalue weighted by Crippen LogP contribution is -2.27. The summed E-state index contributed by atoms with van der Waals surface area (Å²) in [5.74, 6) is -0.196. The molecule has 5 N–H and O–H groups in total. The van der Waals surface area contributed by atoms with Gasteiger partial charge in [-0.1, -0.05) is 0 Å². The van der Waals surface area contributed by atoms with Crippen molar-refractivity contribution in [2.24, 2.45) is 0 Å². The molecule has 0 atom stereocenters. The molecule has 0 saturated carbocycles. The monoisotopic (exact) mass is 223 g/mol. The average molecular weight is 223 g/mol. The third-order valence-corrected chi connectivity index (χ3v) is 1.98. The van der Waals surface area contributed by atoms with Gasteiger partial charge in [0.25, 0.3) is 5.91 Å². The molecular formula is C11H17N3O2. The maximum absolute atomic E-state index is 11.6. The number of carbonyl (C=O) groups excluding carboxylic acids is 1. The molecule has 1 aromatic rings. The molecule has 0 spiro atoms. The summed E-state index contributed by atoms with van der Waals surface area (Å²) < 4.78 is 5.10. The second kappa shape index (κ2) is 5.97. The Hall–Kier alpha value is -1.75. The van der Waals surface area contributed by atoms with Gasteiger partial charge in [0.2, 0.25) is 0 Å². The van der Waals surface area contributed by atoms with Crippen molar-refractivity contribution in [1.29, 1.82) is 0 Å². The normalized spacial score (nSPS) is 10.1. The zero-order chi connectivity index (χ0) is 12.0. The standard InChI is InChI=1S/C11H17N3O2/c1-2-16-4-3-14-11(15)8-5-9(12)7-10(13)6-8/h5-7H,2-4,12-13H2,1H3,(H,14,15). The van der Waals surface area contributed by atoms with E-state index in [0.29, 0.717) is 36.7 Å². The molecule has 0 aliphatic heterocycles. The Kier molecular flexibility index (Phi) is 4.60. The number of anilines is 2. The van der Waals surface area contributed by atoms with Crippen molar-refractivity contribution in [3.63, 3.8) is 0 Å². The Labute approximate surface area is 94.8 Å². The van der Waals surface area contributed by atoms with Crippen LogP contribution in [-0.4, -0.2) is 25.7 Å². The molecule has 0 aromatic heterocycles. The van der Waals surface area contributed by atoms with Gasteiger partial charge in [-0.15, -0.1) is 0 Å². The van der Waals surface area contributed by atoms with Crippen molar-refractivity contribution in [2.45, 2.75) is 6.92 Å². The van der Waals surface area contributed by atoms with E-state index in [2.05, 4.69) is 5.32 Å². The Morgan fingerprint density at radius 2 is 1.94 bits per heavy atom. The summed E-state index contributed by atoms with van der Waals surface area (Å²) >= 11 is 0. The van der Waals surface area contributed by atoms with Crippen LogP contribution in [0.15, 0.2) is 18.2 Å². The summed E-state index contributed by atoms with van der Waals surface area (Å²) in [6, 6.07) is 4.79. The van der Waals surface area contributed by atoms with Gasteiger partial charge in [-0.05, 0) is 25.1 Å². The number of carbonyl (C=O) groups is 1. The minimum absolute atomic E-state index is 0.196. The van der Waals surface area contributed by atoms with Crippen LogP contribution in [0.1, 0.15) is 17.3 Å². The van der Waals surface area contributed by atoms with E-state index in [1.54, 1.807) is 18.2 Å². The summed E-state index contributed by atoms with van der Waals surface area (Å²) in [6.45, 7) is 3.52. The molecule has 0 saturated heterocycles. The third-order valence-electron chi connectivity index (χ3n) is 1.98. The highest BCUT2D eigenvalue weighted by Crippen LogP contribution is 2.13. The molecule has 0 aliphatic carbocycles. The highest BCUT2D eigenvalue weighted by atomic mass is 16.5. The fraction of sp³-hybridized carbons (Fsp3) is 0.364. The first-order chi connectivity index (χ1) is 7.63. The first-order valence-corrected chi connectivity index (χ1v) is 5.15. The second-order valence-electron chi connectivity index (χ2n) is 3.34. The topological polar surface area (TPSA) is 90.4 Å². The van der Waals surface area contributed by atoms with Crippen LogP contribution in [0.3, 0.4) is 0 Å². The highest BCUT2D eigenvalue weighted by molar-refractivity contribution is 5.96. The van der Waals surface area contributed by atoms with Crippen LogP contribution < -0.4 is 16.8 Å². The zero-order valence-corrected chi connectivity index (χ0v) is 9.32. The minimum Gasteiger partial charge on any atom is -0.399 e. The van der Waals surface area contributed by atoms with Gasteiger partial charge in [-0.25, -0.2) is 0 Å². The predicted octanol–water partition coefficient (Wildman–Crippen LogP) is 0.617. The molecule has 5 heteroatoms. The van der Waals surface area contributed by atoms with Gasteiger partial charge in [0.1, 0.15) is 0 Å². The molecule has 88 valence electrons. The van der Waals surface area contributed by atoms with Gasteiger partial charge >= 0.3 is 0 Å². The summed E-state index contributed by atoms with van der Waals surface area (Å²) in [6.07, 6.45) is 0. The minimum atomic E-state index is -0.196. The van der Waals surface area contributed by atoms with Gasteiger partial charge in [-0.3, -0.25) is 4.79 Å². The zero-order valence-electron chi connectivity index (χ0n) is 9.32. The number of benzene rings is 1. The van der Waals surface area contributed by atoms with E-state index < -0.39 is 0 Å². The van der Waals surface area contributed by atoms with E-state index in [0.717, 1.165) is 0 Å². The Morgan fingerprint density at radius 1 is 1.31 bits per heavy atom. The van der Waals surface area contributed by atoms with Gasteiger partial charge in [0.15, 0.2) is 0 Å². The fourth-order valence-corrected chi connectivity index (χ4v) is 1.29. The second-order valence-corrected chi connectivity index (χ2v) is 3.34. The smallest absolute Gasteiger partial charge is 0.251 e. The summed E-state index contributed by atoms with van der Waals surface area (Å²) in [4.78, 5) is 11.6. The molecule has 0 bridgehead atoms. The van der Waals surface area contributed by atoms with E-state index in [-0.39, 0.29) is 5.91 Å². The predicted molar refractivity (Wildman–Crippen MR) is 64.1 cm³/mol. The lowest BCUT2D eigenvalue weighted by Gasteiger charge is -2.06. The van der Waals surface area contributed by atoms with Crippen LogP contribution in [0.4, 0.5) is 11.4 Å². The Morgan fingerprint density at radius 3 is 2.50 bits per heavy atom. The van der Waals surface area contributed by atoms with E-state index in [4.69, 9.17) is 16.2 Å². The van der Waals surface area contributed by atoms with Crippen LogP contribution in [0.5, 0.6) is 0 Å². The van der Waals surface area contributed by atoms with Crippen molar-refractivity contribution in [3.05, 3.63) is 23.8 Å². The van der Waals surface area contributed by atoms with E-state index >= 15 is 0 Å². The molecule has 16 heavy (non-hydrogen) atoms. The van der Waals surface area contributed by atoms with Gasteiger partial charge in [0.05, 0.1) is 6.61 Å². The molecule has 1 aromatic carbocycles. The first-order valence-electron chi connectivity index (χ1n) is 5.15. The third kappa shape index (κ3) is 3.78. The molecule has 0 fully saturated rings. The van der Waals surface area contributed by atoms with Gasteiger partial charge in [-0.2, -0.15) is 0 Å². The van der Waals surface area contributed by atoms with Gasteiger partial charge in [0, 0.05) is 30.1 Å². The number of hydrogen-bond donors (Lipinski definition) is 3. The summed E-state index contributed by atoms with van der Waals surface area (Å²) in [5.41, 5.74) is 12.6. The molecule has 0 aliphatic rings.